The van der Waals surface area contributed by atoms with Crippen molar-refractivity contribution in [1.82, 2.24) is 0 Å². The van der Waals surface area contributed by atoms with Gasteiger partial charge < -0.3 is 4.74 Å². The maximum absolute atomic E-state index is 13.2. The van der Waals surface area contributed by atoms with E-state index in [-0.39, 0.29) is 5.75 Å². The summed E-state index contributed by atoms with van der Waals surface area (Å²) in [4.78, 5) is 0. The highest BCUT2D eigenvalue weighted by Gasteiger charge is 2.08. The van der Waals surface area contributed by atoms with E-state index in [1.807, 2.05) is 0 Å². The van der Waals surface area contributed by atoms with Gasteiger partial charge in [0.1, 0.15) is 5.75 Å². The van der Waals surface area contributed by atoms with Crippen molar-refractivity contribution in [2.24, 2.45) is 0 Å². The first-order chi connectivity index (χ1) is 7.27. The summed E-state index contributed by atoms with van der Waals surface area (Å²) >= 11 is 0. The highest BCUT2D eigenvalue weighted by molar-refractivity contribution is 5.31. The largest absolute Gasteiger partial charge is 0.454 e. The number of benzene rings is 2. The van der Waals surface area contributed by atoms with Crippen molar-refractivity contribution in [3.63, 3.8) is 0 Å². The van der Waals surface area contributed by atoms with E-state index >= 15 is 0 Å². The fourth-order valence-corrected chi connectivity index (χ4v) is 1.12. The molecule has 0 aromatic heterocycles. The summed E-state index contributed by atoms with van der Waals surface area (Å²) in [5.41, 5.74) is 0. The molecule has 2 aromatic carbocycles. The minimum absolute atomic E-state index is 0.141. The number of para-hydroxylation sites is 1. The molecule has 1 radical (unpaired) electrons. The van der Waals surface area contributed by atoms with Crippen molar-refractivity contribution in [1.29, 1.82) is 0 Å². The second-order valence-corrected chi connectivity index (χ2v) is 2.88. The van der Waals surface area contributed by atoms with E-state index in [9.17, 15) is 8.78 Å². The van der Waals surface area contributed by atoms with E-state index in [2.05, 4.69) is 6.07 Å². The molecule has 0 aliphatic rings. The molecule has 0 N–H and O–H groups in total. The minimum atomic E-state index is -0.991. The lowest BCUT2D eigenvalue weighted by Crippen LogP contribution is -1.91. The molecule has 3 heteroatoms. The molecule has 2 rings (SSSR count). The van der Waals surface area contributed by atoms with Crippen LogP contribution in [-0.4, -0.2) is 0 Å². The van der Waals surface area contributed by atoms with Crippen LogP contribution in [0.4, 0.5) is 8.78 Å². The second kappa shape index (κ2) is 4.09. The number of halogens is 2. The van der Waals surface area contributed by atoms with Gasteiger partial charge in [0.15, 0.2) is 11.6 Å². The molecule has 0 atom stereocenters. The van der Waals surface area contributed by atoms with Crippen LogP contribution in [0.5, 0.6) is 11.5 Å². The molecule has 0 saturated carbocycles. The molecule has 1 nitrogen and oxygen atoms in total. The predicted octanol–water partition coefficient (Wildman–Crippen LogP) is 3.56. The van der Waals surface area contributed by atoms with Crippen molar-refractivity contribution in [2.45, 2.75) is 0 Å². The molecule has 75 valence electrons. The van der Waals surface area contributed by atoms with Crippen LogP contribution in [0.3, 0.4) is 0 Å². The van der Waals surface area contributed by atoms with Crippen LogP contribution in [0.1, 0.15) is 0 Å². The number of rotatable bonds is 2. The van der Waals surface area contributed by atoms with Gasteiger partial charge in [0, 0.05) is 6.07 Å². The second-order valence-electron chi connectivity index (χ2n) is 2.88. The molecule has 0 aliphatic carbocycles. The topological polar surface area (TPSA) is 9.23 Å². The summed E-state index contributed by atoms with van der Waals surface area (Å²) in [6.45, 7) is 0. The van der Waals surface area contributed by atoms with Crippen molar-refractivity contribution in [3.8, 4) is 11.5 Å². The van der Waals surface area contributed by atoms with Crippen LogP contribution in [0, 0.1) is 17.7 Å². The Kier molecular flexibility index (Phi) is 2.63. The first-order valence-electron chi connectivity index (χ1n) is 4.36. The van der Waals surface area contributed by atoms with E-state index in [0.717, 1.165) is 6.07 Å². The third-order valence-corrected chi connectivity index (χ3v) is 1.82. The van der Waals surface area contributed by atoms with Crippen LogP contribution >= 0.6 is 0 Å². The molecule has 0 amide bonds. The monoisotopic (exact) mass is 205 g/mol. The fraction of sp³-hybridized carbons (Fsp3) is 0. The maximum Gasteiger partial charge on any atom is 0.201 e. The van der Waals surface area contributed by atoms with Gasteiger partial charge in [-0.25, -0.2) is 4.39 Å². The van der Waals surface area contributed by atoms with E-state index in [1.54, 1.807) is 24.3 Å². The molecule has 0 fully saturated rings. The molecular weight excluding hydrogens is 198 g/mol. The van der Waals surface area contributed by atoms with Gasteiger partial charge in [-0.1, -0.05) is 24.3 Å². The van der Waals surface area contributed by atoms with Crippen molar-refractivity contribution in [3.05, 3.63) is 60.2 Å². The van der Waals surface area contributed by atoms with Gasteiger partial charge in [-0.05, 0) is 18.2 Å². The normalized spacial score (nSPS) is 10.0. The van der Waals surface area contributed by atoms with Crippen LogP contribution in [0.15, 0.2) is 42.5 Å². The highest BCUT2D eigenvalue weighted by Crippen LogP contribution is 2.24. The summed E-state index contributed by atoms with van der Waals surface area (Å²) in [5.74, 6) is -1.71. The lowest BCUT2D eigenvalue weighted by molar-refractivity contribution is 0.415. The Labute approximate surface area is 85.9 Å². The van der Waals surface area contributed by atoms with Crippen LogP contribution in [-0.2, 0) is 0 Å². The number of hydrogen-bond acceptors (Lipinski definition) is 1. The van der Waals surface area contributed by atoms with Gasteiger partial charge in [0.2, 0.25) is 5.82 Å². The molecule has 0 unspecified atom stereocenters. The van der Waals surface area contributed by atoms with Crippen molar-refractivity contribution < 1.29 is 13.5 Å². The van der Waals surface area contributed by atoms with Crippen LogP contribution in [0.25, 0.3) is 0 Å². The van der Waals surface area contributed by atoms with Gasteiger partial charge >= 0.3 is 0 Å². The number of ether oxygens (including phenoxy) is 1. The van der Waals surface area contributed by atoms with E-state index < -0.39 is 11.6 Å². The fourth-order valence-electron chi connectivity index (χ4n) is 1.12. The Hall–Kier alpha value is -1.90. The Balaban J connectivity index is 2.29. The standard InChI is InChI=1S/C12H7F2O/c13-10-7-4-8-11(12(10)14)15-9-5-2-1-3-6-9/h1-5,7-8H. The molecule has 0 aliphatic heterocycles. The molecule has 0 heterocycles. The van der Waals surface area contributed by atoms with Crippen LogP contribution in [0.2, 0.25) is 0 Å². The van der Waals surface area contributed by atoms with E-state index in [0.29, 0.717) is 5.75 Å². The zero-order valence-electron chi connectivity index (χ0n) is 7.71. The summed E-state index contributed by atoms with van der Waals surface area (Å²) < 4.78 is 31.1. The summed E-state index contributed by atoms with van der Waals surface area (Å²) in [5, 5.41) is 0. The third-order valence-electron chi connectivity index (χ3n) is 1.82. The summed E-state index contributed by atoms with van der Waals surface area (Å²) in [6.07, 6.45) is 0. The summed E-state index contributed by atoms with van der Waals surface area (Å²) in [6, 6.07) is 13.3. The van der Waals surface area contributed by atoms with Crippen molar-refractivity contribution in [2.75, 3.05) is 0 Å². The summed E-state index contributed by atoms with van der Waals surface area (Å²) in [7, 11) is 0. The quantitative estimate of drug-likeness (QED) is 0.728. The minimum Gasteiger partial charge on any atom is -0.454 e. The van der Waals surface area contributed by atoms with Crippen molar-refractivity contribution >= 4 is 0 Å². The van der Waals surface area contributed by atoms with E-state index in [1.165, 1.54) is 12.1 Å². The highest BCUT2D eigenvalue weighted by atomic mass is 19.2. The molecule has 0 spiro atoms. The zero-order chi connectivity index (χ0) is 10.7. The smallest absolute Gasteiger partial charge is 0.201 e. The van der Waals surface area contributed by atoms with Gasteiger partial charge in [-0.15, -0.1) is 0 Å². The average molecular weight is 205 g/mol. The predicted molar refractivity (Wildman–Crippen MR) is 51.7 cm³/mol. The lowest BCUT2D eigenvalue weighted by Gasteiger charge is -2.05. The molecule has 0 saturated heterocycles. The lowest BCUT2D eigenvalue weighted by atomic mass is 10.3. The van der Waals surface area contributed by atoms with E-state index in [4.69, 9.17) is 4.74 Å². The van der Waals surface area contributed by atoms with Gasteiger partial charge in [0.25, 0.3) is 0 Å². The Morgan fingerprint density at radius 2 is 1.87 bits per heavy atom. The zero-order valence-corrected chi connectivity index (χ0v) is 7.71. The SMILES string of the molecule is Fc1cccc(Oc2[c]cccc2)c1F. The molecule has 0 bridgehead atoms. The molecular formula is C12H7F2O. The van der Waals surface area contributed by atoms with Gasteiger partial charge in [-0.2, -0.15) is 4.39 Å². The molecule has 2 aromatic rings. The first-order valence-corrected chi connectivity index (χ1v) is 4.36. The van der Waals surface area contributed by atoms with Gasteiger partial charge in [0.05, 0.1) is 0 Å². The van der Waals surface area contributed by atoms with Crippen LogP contribution < -0.4 is 4.74 Å². The third kappa shape index (κ3) is 2.13. The first kappa shape index (κ1) is 9.65. The van der Waals surface area contributed by atoms with Gasteiger partial charge in [-0.3, -0.25) is 0 Å². The Morgan fingerprint density at radius 1 is 1.00 bits per heavy atom. The Morgan fingerprint density at radius 3 is 2.60 bits per heavy atom. The Bertz CT molecular complexity index is 454. The average Bonchev–Trinajstić information content (AvgIpc) is 2.26. The maximum atomic E-state index is 13.2. The molecule has 15 heavy (non-hydrogen) atoms. The number of hydrogen-bond donors (Lipinski definition) is 0.